The highest BCUT2D eigenvalue weighted by atomic mass is 35.5. The van der Waals surface area contributed by atoms with Gasteiger partial charge >= 0.3 is 0 Å². The van der Waals surface area contributed by atoms with Gasteiger partial charge in [0.2, 0.25) is 5.91 Å². The van der Waals surface area contributed by atoms with E-state index in [4.69, 9.17) is 5.73 Å². The summed E-state index contributed by atoms with van der Waals surface area (Å²) in [6.45, 7) is 2.75. The number of halogens is 1. The molecule has 2 aliphatic rings. The second-order valence-electron chi connectivity index (χ2n) is 4.74. The number of carbonyl (C=O) groups is 1. The minimum atomic E-state index is -0.320. The van der Waals surface area contributed by atoms with Crippen molar-refractivity contribution in [1.29, 1.82) is 0 Å². The molecule has 4 heteroatoms. The van der Waals surface area contributed by atoms with Crippen LogP contribution in [0.25, 0.3) is 0 Å². The molecule has 2 rings (SSSR count). The Hall–Kier alpha value is -0.280. The third-order valence-electron chi connectivity index (χ3n) is 3.62. The van der Waals surface area contributed by atoms with Gasteiger partial charge in [0, 0.05) is 12.6 Å². The maximum Gasteiger partial charge on any atom is 0.239 e. The van der Waals surface area contributed by atoms with Gasteiger partial charge in [0.05, 0.1) is 6.04 Å². The molecule has 1 saturated carbocycles. The molecular weight excluding hydrogens is 212 g/mol. The van der Waals surface area contributed by atoms with E-state index in [0.717, 1.165) is 12.5 Å². The van der Waals surface area contributed by atoms with Crippen LogP contribution in [0.5, 0.6) is 0 Å². The van der Waals surface area contributed by atoms with Crippen LogP contribution in [-0.2, 0) is 4.79 Å². The third kappa shape index (κ3) is 2.45. The summed E-state index contributed by atoms with van der Waals surface area (Å²) in [5, 5.41) is 0. The van der Waals surface area contributed by atoms with E-state index in [1.54, 1.807) is 6.92 Å². The smallest absolute Gasteiger partial charge is 0.239 e. The summed E-state index contributed by atoms with van der Waals surface area (Å²) in [4.78, 5) is 13.7. The van der Waals surface area contributed by atoms with Crippen molar-refractivity contribution in [1.82, 2.24) is 4.90 Å². The summed E-state index contributed by atoms with van der Waals surface area (Å²) in [7, 11) is 0. The maximum absolute atomic E-state index is 11.7. The van der Waals surface area contributed by atoms with Gasteiger partial charge in [-0.15, -0.1) is 12.4 Å². The van der Waals surface area contributed by atoms with Crippen LogP contribution in [0.4, 0.5) is 0 Å². The van der Waals surface area contributed by atoms with Gasteiger partial charge in [-0.3, -0.25) is 4.79 Å². The van der Waals surface area contributed by atoms with Gasteiger partial charge in [-0.1, -0.05) is 19.3 Å². The zero-order valence-corrected chi connectivity index (χ0v) is 10.1. The van der Waals surface area contributed by atoms with E-state index in [0.29, 0.717) is 6.04 Å². The Bertz CT molecular complexity index is 233. The van der Waals surface area contributed by atoms with Crippen molar-refractivity contribution in [2.45, 2.75) is 51.1 Å². The number of hydrogen-bond acceptors (Lipinski definition) is 2. The Morgan fingerprint density at radius 3 is 2.67 bits per heavy atom. The SMILES string of the molecule is CC(N)C(=O)N1CC2CCCCCC21.Cl. The van der Waals surface area contributed by atoms with Crippen molar-refractivity contribution < 1.29 is 4.79 Å². The number of nitrogens with zero attached hydrogens (tertiary/aromatic N) is 1. The fourth-order valence-electron chi connectivity index (χ4n) is 2.75. The fourth-order valence-corrected chi connectivity index (χ4v) is 2.75. The lowest BCUT2D eigenvalue weighted by Gasteiger charge is -2.48. The Labute approximate surface area is 97.8 Å². The predicted molar refractivity (Wildman–Crippen MR) is 63.0 cm³/mol. The van der Waals surface area contributed by atoms with Crippen LogP contribution in [0.2, 0.25) is 0 Å². The van der Waals surface area contributed by atoms with Gasteiger partial charge in [-0.25, -0.2) is 0 Å². The molecule has 88 valence electrons. The molecule has 3 atom stereocenters. The average molecular weight is 233 g/mol. The topological polar surface area (TPSA) is 46.3 Å². The number of carbonyl (C=O) groups excluding carboxylic acids is 1. The fraction of sp³-hybridized carbons (Fsp3) is 0.909. The second kappa shape index (κ2) is 5.17. The van der Waals surface area contributed by atoms with E-state index in [-0.39, 0.29) is 24.4 Å². The average Bonchev–Trinajstić information content (AvgIpc) is 2.28. The van der Waals surface area contributed by atoms with Crippen LogP contribution < -0.4 is 5.73 Å². The highest BCUT2D eigenvalue weighted by Gasteiger charge is 2.42. The zero-order valence-electron chi connectivity index (χ0n) is 9.32. The Morgan fingerprint density at radius 2 is 2.00 bits per heavy atom. The van der Waals surface area contributed by atoms with E-state index >= 15 is 0 Å². The molecule has 1 heterocycles. The largest absolute Gasteiger partial charge is 0.338 e. The first-order chi connectivity index (χ1) is 6.70. The summed E-state index contributed by atoms with van der Waals surface area (Å²) in [5.41, 5.74) is 5.62. The Kier molecular flexibility index (Phi) is 4.41. The minimum absolute atomic E-state index is 0. The molecule has 1 saturated heterocycles. The van der Waals surface area contributed by atoms with Crippen LogP contribution in [0.3, 0.4) is 0 Å². The van der Waals surface area contributed by atoms with Gasteiger partial charge in [0.15, 0.2) is 0 Å². The van der Waals surface area contributed by atoms with Gasteiger partial charge in [-0.05, 0) is 25.7 Å². The maximum atomic E-state index is 11.7. The van der Waals surface area contributed by atoms with Crippen LogP contribution >= 0.6 is 12.4 Å². The summed E-state index contributed by atoms with van der Waals surface area (Å²) in [6.07, 6.45) is 6.48. The molecule has 0 spiro atoms. The van der Waals surface area contributed by atoms with Gasteiger partial charge in [0.25, 0.3) is 0 Å². The van der Waals surface area contributed by atoms with Crippen LogP contribution in [0.1, 0.15) is 39.0 Å². The van der Waals surface area contributed by atoms with Gasteiger partial charge < -0.3 is 10.6 Å². The standard InChI is InChI=1S/C11H20N2O.ClH/c1-8(12)11(14)13-7-9-5-3-2-4-6-10(9)13;/h8-10H,2-7,12H2,1H3;1H. The molecule has 1 aliphatic carbocycles. The molecule has 0 aromatic carbocycles. The molecule has 0 aromatic heterocycles. The molecule has 0 radical (unpaired) electrons. The normalized spacial score (nSPS) is 31.7. The molecule has 2 fully saturated rings. The first-order valence-corrected chi connectivity index (χ1v) is 5.76. The lowest BCUT2D eigenvalue weighted by molar-refractivity contribution is -0.145. The monoisotopic (exact) mass is 232 g/mol. The first-order valence-electron chi connectivity index (χ1n) is 5.76. The minimum Gasteiger partial charge on any atom is -0.338 e. The van der Waals surface area contributed by atoms with Crippen molar-refractivity contribution in [2.75, 3.05) is 6.54 Å². The van der Waals surface area contributed by atoms with Crippen molar-refractivity contribution in [3.63, 3.8) is 0 Å². The molecule has 15 heavy (non-hydrogen) atoms. The molecular formula is C11H21ClN2O. The third-order valence-corrected chi connectivity index (χ3v) is 3.62. The number of nitrogens with two attached hydrogens (primary N) is 1. The quantitative estimate of drug-likeness (QED) is 0.746. The van der Waals surface area contributed by atoms with Crippen LogP contribution in [-0.4, -0.2) is 29.4 Å². The Balaban J connectivity index is 0.00000112. The predicted octanol–water partition coefficient (Wildman–Crippen LogP) is 1.55. The number of hydrogen-bond donors (Lipinski definition) is 1. The summed E-state index contributed by atoms with van der Waals surface area (Å²) in [5.74, 6) is 0.924. The van der Waals surface area contributed by atoms with E-state index in [2.05, 4.69) is 0 Å². The summed E-state index contributed by atoms with van der Waals surface area (Å²) in [6, 6.07) is 0.204. The summed E-state index contributed by atoms with van der Waals surface area (Å²) < 4.78 is 0. The van der Waals surface area contributed by atoms with Crippen molar-refractivity contribution in [3.8, 4) is 0 Å². The lowest BCUT2D eigenvalue weighted by Crippen LogP contribution is -2.61. The molecule has 1 amide bonds. The molecule has 2 N–H and O–H groups in total. The highest BCUT2D eigenvalue weighted by molar-refractivity contribution is 5.85. The van der Waals surface area contributed by atoms with E-state index < -0.39 is 0 Å². The van der Waals surface area contributed by atoms with Crippen LogP contribution in [0, 0.1) is 5.92 Å². The van der Waals surface area contributed by atoms with Crippen molar-refractivity contribution in [2.24, 2.45) is 11.7 Å². The highest BCUT2D eigenvalue weighted by Crippen LogP contribution is 2.36. The molecule has 3 unspecified atom stereocenters. The number of rotatable bonds is 1. The van der Waals surface area contributed by atoms with Gasteiger partial charge in [-0.2, -0.15) is 0 Å². The summed E-state index contributed by atoms with van der Waals surface area (Å²) >= 11 is 0. The molecule has 1 aliphatic heterocycles. The van der Waals surface area contributed by atoms with Crippen molar-refractivity contribution in [3.05, 3.63) is 0 Å². The Morgan fingerprint density at radius 1 is 1.33 bits per heavy atom. The first kappa shape index (κ1) is 12.8. The van der Waals surface area contributed by atoms with E-state index in [9.17, 15) is 4.79 Å². The molecule has 0 bridgehead atoms. The number of amides is 1. The second-order valence-corrected chi connectivity index (χ2v) is 4.74. The zero-order chi connectivity index (χ0) is 10.1. The van der Waals surface area contributed by atoms with Gasteiger partial charge in [0.1, 0.15) is 0 Å². The molecule has 0 aromatic rings. The van der Waals surface area contributed by atoms with E-state index in [1.807, 2.05) is 4.90 Å². The van der Waals surface area contributed by atoms with Crippen LogP contribution in [0.15, 0.2) is 0 Å². The number of fused-ring (bicyclic) bond motifs is 1. The van der Waals surface area contributed by atoms with E-state index in [1.165, 1.54) is 32.1 Å². The number of likely N-dealkylation sites (tertiary alicyclic amines) is 1. The van der Waals surface area contributed by atoms with Crippen molar-refractivity contribution >= 4 is 18.3 Å². The molecule has 3 nitrogen and oxygen atoms in total. The lowest BCUT2D eigenvalue weighted by atomic mass is 9.84.